The molecular formula is C11H22. The first-order valence-corrected chi connectivity index (χ1v) is 5.11. The van der Waals surface area contributed by atoms with Gasteiger partial charge in [-0.15, -0.1) is 0 Å². The third-order valence-electron chi connectivity index (χ3n) is 3.58. The van der Waals surface area contributed by atoms with E-state index in [1.165, 1.54) is 19.3 Å². The van der Waals surface area contributed by atoms with Gasteiger partial charge in [-0.2, -0.15) is 0 Å². The van der Waals surface area contributed by atoms with Gasteiger partial charge < -0.3 is 0 Å². The lowest BCUT2D eigenvalue weighted by molar-refractivity contribution is 0.171. The van der Waals surface area contributed by atoms with E-state index in [9.17, 15) is 0 Å². The van der Waals surface area contributed by atoms with Crippen molar-refractivity contribution in [2.24, 2.45) is 23.7 Å². The predicted octanol–water partition coefficient (Wildman–Crippen LogP) is 3.71. The molecular weight excluding hydrogens is 132 g/mol. The van der Waals surface area contributed by atoms with E-state index in [-0.39, 0.29) is 0 Å². The summed E-state index contributed by atoms with van der Waals surface area (Å²) in [6, 6.07) is 0. The zero-order chi connectivity index (χ0) is 8.43. The van der Waals surface area contributed by atoms with Gasteiger partial charge in [0.1, 0.15) is 0 Å². The first-order chi connectivity index (χ1) is 5.11. The van der Waals surface area contributed by atoms with E-state index in [1.54, 1.807) is 0 Å². The fraction of sp³-hybridized carbons (Fsp3) is 1.00. The molecule has 11 heavy (non-hydrogen) atoms. The van der Waals surface area contributed by atoms with Crippen molar-refractivity contribution in [1.29, 1.82) is 0 Å². The Bertz CT molecular complexity index is 115. The van der Waals surface area contributed by atoms with Crippen LogP contribution in [0, 0.1) is 23.7 Å². The summed E-state index contributed by atoms with van der Waals surface area (Å²) in [5.41, 5.74) is 0. The van der Waals surface area contributed by atoms with Gasteiger partial charge in [0, 0.05) is 0 Å². The SMILES string of the molecule is CC(C)[C@H]1CC[C@H](C)[C@@H](C)C1. The Morgan fingerprint density at radius 2 is 1.64 bits per heavy atom. The minimum atomic E-state index is 0.907. The third kappa shape index (κ3) is 2.21. The molecule has 0 bridgehead atoms. The van der Waals surface area contributed by atoms with Crippen molar-refractivity contribution in [3.63, 3.8) is 0 Å². The average molecular weight is 154 g/mol. The molecule has 1 aliphatic rings. The maximum atomic E-state index is 2.42. The van der Waals surface area contributed by atoms with Gasteiger partial charge in [0.15, 0.2) is 0 Å². The van der Waals surface area contributed by atoms with Crippen molar-refractivity contribution < 1.29 is 0 Å². The van der Waals surface area contributed by atoms with E-state index in [1.807, 2.05) is 0 Å². The highest BCUT2D eigenvalue weighted by Gasteiger charge is 2.25. The zero-order valence-corrected chi connectivity index (χ0v) is 8.43. The molecule has 0 radical (unpaired) electrons. The highest BCUT2D eigenvalue weighted by Crippen LogP contribution is 2.36. The lowest BCUT2D eigenvalue weighted by atomic mass is 9.72. The molecule has 0 amide bonds. The normalized spacial score (nSPS) is 39.5. The van der Waals surface area contributed by atoms with Crippen LogP contribution in [0.5, 0.6) is 0 Å². The molecule has 1 fully saturated rings. The van der Waals surface area contributed by atoms with Crippen LogP contribution in [0.3, 0.4) is 0 Å². The summed E-state index contributed by atoms with van der Waals surface area (Å²) < 4.78 is 0. The summed E-state index contributed by atoms with van der Waals surface area (Å²) in [6.45, 7) is 9.56. The van der Waals surface area contributed by atoms with Gasteiger partial charge in [0.2, 0.25) is 0 Å². The Hall–Kier alpha value is 0. The Balaban J connectivity index is 2.40. The minimum absolute atomic E-state index is 0.907. The average Bonchev–Trinajstić information content (AvgIpc) is 1.94. The van der Waals surface area contributed by atoms with Gasteiger partial charge in [0.25, 0.3) is 0 Å². The summed E-state index contributed by atoms with van der Waals surface area (Å²) in [5.74, 6) is 3.87. The van der Waals surface area contributed by atoms with Gasteiger partial charge in [-0.1, -0.05) is 34.1 Å². The molecule has 0 unspecified atom stereocenters. The third-order valence-corrected chi connectivity index (χ3v) is 3.58. The number of rotatable bonds is 1. The maximum Gasteiger partial charge on any atom is -0.0388 e. The van der Waals surface area contributed by atoms with Crippen molar-refractivity contribution in [2.45, 2.75) is 47.0 Å². The highest BCUT2D eigenvalue weighted by atomic mass is 14.3. The summed E-state index contributed by atoms with van der Waals surface area (Å²) >= 11 is 0. The van der Waals surface area contributed by atoms with Crippen molar-refractivity contribution in [3.05, 3.63) is 0 Å². The predicted molar refractivity (Wildman–Crippen MR) is 50.5 cm³/mol. The van der Waals surface area contributed by atoms with E-state index in [2.05, 4.69) is 27.7 Å². The molecule has 1 saturated carbocycles. The summed E-state index contributed by atoms with van der Waals surface area (Å²) in [7, 11) is 0. The molecule has 0 saturated heterocycles. The molecule has 0 nitrogen and oxygen atoms in total. The Kier molecular flexibility index (Phi) is 2.98. The summed E-state index contributed by atoms with van der Waals surface area (Å²) in [4.78, 5) is 0. The van der Waals surface area contributed by atoms with Crippen molar-refractivity contribution in [2.75, 3.05) is 0 Å². The van der Waals surface area contributed by atoms with Gasteiger partial charge in [0.05, 0.1) is 0 Å². The fourth-order valence-corrected chi connectivity index (χ4v) is 2.19. The van der Waals surface area contributed by atoms with Crippen LogP contribution in [-0.4, -0.2) is 0 Å². The van der Waals surface area contributed by atoms with Gasteiger partial charge in [-0.3, -0.25) is 0 Å². The molecule has 0 aliphatic heterocycles. The Morgan fingerprint density at radius 3 is 2.09 bits per heavy atom. The molecule has 0 spiro atoms. The van der Waals surface area contributed by atoms with Crippen LogP contribution in [0.25, 0.3) is 0 Å². The summed E-state index contributed by atoms with van der Waals surface area (Å²) in [6.07, 6.45) is 4.41. The molecule has 1 aliphatic carbocycles. The first-order valence-electron chi connectivity index (χ1n) is 5.11. The maximum absolute atomic E-state index is 2.42. The van der Waals surface area contributed by atoms with E-state index in [4.69, 9.17) is 0 Å². The van der Waals surface area contributed by atoms with E-state index in [0.717, 1.165) is 23.7 Å². The van der Waals surface area contributed by atoms with Gasteiger partial charge >= 0.3 is 0 Å². The van der Waals surface area contributed by atoms with Crippen molar-refractivity contribution in [1.82, 2.24) is 0 Å². The summed E-state index contributed by atoms with van der Waals surface area (Å²) in [5, 5.41) is 0. The topological polar surface area (TPSA) is 0 Å². The van der Waals surface area contributed by atoms with Crippen LogP contribution < -0.4 is 0 Å². The Morgan fingerprint density at radius 1 is 1.00 bits per heavy atom. The zero-order valence-electron chi connectivity index (χ0n) is 8.43. The second-order valence-electron chi connectivity index (χ2n) is 4.77. The quantitative estimate of drug-likeness (QED) is 0.540. The van der Waals surface area contributed by atoms with Crippen LogP contribution in [0.4, 0.5) is 0 Å². The lowest BCUT2D eigenvalue weighted by Gasteiger charge is -2.34. The molecule has 1 rings (SSSR count). The molecule has 0 N–H and O–H groups in total. The molecule has 66 valence electrons. The van der Waals surface area contributed by atoms with Crippen LogP contribution >= 0.6 is 0 Å². The van der Waals surface area contributed by atoms with Gasteiger partial charge in [-0.25, -0.2) is 0 Å². The van der Waals surface area contributed by atoms with Crippen molar-refractivity contribution in [3.8, 4) is 0 Å². The molecule has 0 aromatic carbocycles. The monoisotopic (exact) mass is 154 g/mol. The molecule has 3 atom stereocenters. The highest BCUT2D eigenvalue weighted by molar-refractivity contribution is 4.76. The fourth-order valence-electron chi connectivity index (χ4n) is 2.19. The Labute approximate surface area is 71.4 Å². The first kappa shape index (κ1) is 9.09. The van der Waals surface area contributed by atoms with Gasteiger partial charge in [-0.05, 0) is 36.5 Å². The van der Waals surface area contributed by atoms with Crippen LogP contribution in [-0.2, 0) is 0 Å². The molecule has 0 aromatic rings. The van der Waals surface area contributed by atoms with Crippen LogP contribution in [0.2, 0.25) is 0 Å². The molecule has 0 heterocycles. The number of hydrogen-bond acceptors (Lipinski definition) is 0. The van der Waals surface area contributed by atoms with Crippen LogP contribution in [0.15, 0.2) is 0 Å². The van der Waals surface area contributed by atoms with Crippen molar-refractivity contribution >= 4 is 0 Å². The standard InChI is InChI=1S/C11H22/c1-8(2)11-6-5-9(3)10(4)7-11/h8-11H,5-7H2,1-4H3/t9-,10-,11-/m0/s1. The van der Waals surface area contributed by atoms with Crippen LogP contribution in [0.1, 0.15) is 47.0 Å². The van der Waals surface area contributed by atoms with E-state index < -0.39 is 0 Å². The largest absolute Gasteiger partial charge is 0.0625 e. The minimum Gasteiger partial charge on any atom is -0.0625 e. The second kappa shape index (κ2) is 3.60. The second-order valence-corrected chi connectivity index (χ2v) is 4.77. The lowest BCUT2D eigenvalue weighted by Crippen LogP contribution is -2.23. The number of hydrogen-bond donors (Lipinski definition) is 0. The molecule has 0 heteroatoms. The molecule has 0 aromatic heterocycles. The van der Waals surface area contributed by atoms with E-state index >= 15 is 0 Å². The van der Waals surface area contributed by atoms with E-state index in [0.29, 0.717) is 0 Å². The smallest absolute Gasteiger partial charge is 0.0388 e.